The molecule has 114 valence electrons. The van der Waals surface area contributed by atoms with Crippen molar-refractivity contribution in [1.29, 1.82) is 0 Å². The molecule has 0 amide bonds. The van der Waals surface area contributed by atoms with Crippen molar-refractivity contribution in [2.24, 2.45) is 21.8 Å². The SMILES string of the molecule is CCCC(CCCCC(C)C1=NCCS1)C1=NCCS1. The predicted molar refractivity (Wildman–Crippen MR) is 95.6 cm³/mol. The second-order valence-corrected chi connectivity index (χ2v) is 8.04. The highest BCUT2D eigenvalue weighted by atomic mass is 32.2. The van der Waals surface area contributed by atoms with Gasteiger partial charge in [-0.2, -0.15) is 0 Å². The Kier molecular flexibility index (Phi) is 7.50. The van der Waals surface area contributed by atoms with E-state index < -0.39 is 0 Å². The molecule has 2 aliphatic heterocycles. The minimum absolute atomic E-state index is 0.685. The lowest BCUT2D eigenvalue weighted by Gasteiger charge is -2.16. The summed E-state index contributed by atoms with van der Waals surface area (Å²) in [6.07, 6.45) is 7.96. The fourth-order valence-electron chi connectivity index (χ4n) is 2.95. The standard InChI is InChI=1S/C16H28N2S2/c1-3-6-14(16-18-10-12-20-16)8-5-4-7-13(2)15-17-9-11-19-15/h13-14H,3-12H2,1-2H3. The Morgan fingerprint density at radius 1 is 0.950 bits per heavy atom. The maximum Gasteiger partial charge on any atom is 0.0707 e. The van der Waals surface area contributed by atoms with Crippen LogP contribution in [0.2, 0.25) is 0 Å². The van der Waals surface area contributed by atoms with Gasteiger partial charge in [0, 0.05) is 36.4 Å². The fourth-order valence-corrected chi connectivity index (χ4v) is 4.98. The number of hydrogen-bond donors (Lipinski definition) is 0. The van der Waals surface area contributed by atoms with Crippen molar-refractivity contribution in [2.75, 3.05) is 24.6 Å². The summed E-state index contributed by atoms with van der Waals surface area (Å²) in [4.78, 5) is 9.29. The van der Waals surface area contributed by atoms with E-state index in [1.807, 2.05) is 23.5 Å². The minimum atomic E-state index is 0.685. The lowest BCUT2D eigenvalue weighted by molar-refractivity contribution is 0.510. The van der Waals surface area contributed by atoms with Crippen LogP contribution in [0.1, 0.15) is 52.4 Å². The van der Waals surface area contributed by atoms with Crippen LogP contribution in [0.3, 0.4) is 0 Å². The highest BCUT2D eigenvalue weighted by molar-refractivity contribution is 8.14. The molecule has 2 unspecified atom stereocenters. The van der Waals surface area contributed by atoms with Gasteiger partial charge in [0.05, 0.1) is 10.1 Å². The van der Waals surface area contributed by atoms with Gasteiger partial charge in [0.25, 0.3) is 0 Å². The Morgan fingerprint density at radius 2 is 1.60 bits per heavy atom. The molecule has 0 saturated heterocycles. The van der Waals surface area contributed by atoms with E-state index in [4.69, 9.17) is 0 Å². The van der Waals surface area contributed by atoms with Crippen LogP contribution in [0.5, 0.6) is 0 Å². The molecule has 0 aliphatic carbocycles. The normalized spacial score (nSPS) is 21.7. The molecule has 0 aromatic rings. The zero-order valence-corrected chi connectivity index (χ0v) is 14.6. The molecule has 2 heterocycles. The summed E-state index contributed by atoms with van der Waals surface area (Å²) in [6.45, 7) is 6.73. The summed E-state index contributed by atoms with van der Waals surface area (Å²) in [5.41, 5.74) is 0. The average molecular weight is 313 g/mol. The highest BCUT2D eigenvalue weighted by Crippen LogP contribution is 2.28. The van der Waals surface area contributed by atoms with E-state index in [0.29, 0.717) is 5.92 Å². The van der Waals surface area contributed by atoms with E-state index in [-0.39, 0.29) is 0 Å². The maximum atomic E-state index is 4.69. The van der Waals surface area contributed by atoms with Crippen molar-refractivity contribution < 1.29 is 0 Å². The summed E-state index contributed by atoms with van der Waals surface area (Å²) >= 11 is 3.97. The molecule has 0 fully saturated rings. The first-order chi connectivity index (χ1) is 9.81. The molecule has 0 N–H and O–H groups in total. The Bertz CT molecular complexity index is 352. The number of nitrogens with zero attached hydrogens (tertiary/aromatic N) is 2. The van der Waals surface area contributed by atoms with Crippen molar-refractivity contribution in [2.45, 2.75) is 52.4 Å². The predicted octanol–water partition coefficient (Wildman–Crippen LogP) is 4.89. The fraction of sp³-hybridized carbons (Fsp3) is 0.875. The quantitative estimate of drug-likeness (QED) is 0.566. The first kappa shape index (κ1) is 16.4. The van der Waals surface area contributed by atoms with E-state index >= 15 is 0 Å². The number of thioether (sulfide) groups is 2. The molecular formula is C16H28N2S2. The smallest absolute Gasteiger partial charge is 0.0707 e. The molecule has 0 aromatic carbocycles. The summed E-state index contributed by atoms with van der Waals surface area (Å²) in [5.74, 6) is 3.85. The number of rotatable bonds is 9. The highest BCUT2D eigenvalue weighted by Gasteiger charge is 2.19. The largest absolute Gasteiger partial charge is 0.282 e. The molecule has 0 bridgehead atoms. The van der Waals surface area contributed by atoms with E-state index in [0.717, 1.165) is 19.0 Å². The number of aliphatic imine (C=N–C) groups is 2. The lowest BCUT2D eigenvalue weighted by atomic mass is 9.95. The molecule has 20 heavy (non-hydrogen) atoms. The van der Waals surface area contributed by atoms with Crippen molar-refractivity contribution in [3.63, 3.8) is 0 Å². The zero-order valence-electron chi connectivity index (χ0n) is 12.9. The van der Waals surface area contributed by atoms with Crippen molar-refractivity contribution in [3.8, 4) is 0 Å². The third kappa shape index (κ3) is 5.10. The second-order valence-electron chi connectivity index (χ2n) is 5.81. The number of hydrogen-bond acceptors (Lipinski definition) is 4. The zero-order chi connectivity index (χ0) is 14.2. The summed E-state index contributed by atoms with van der Waals surface area (Å²) in [6, 6.07) is 0. The van der Waals surface area contributed by atoms with Gasteiger partial charge >= 0.3 is 0 Å². The van der Waals surface area contributed by atoms with Gasteiger partial charge in [-0.05, 0) is 19.3 Å². The monoisotopic (exact) mass is 312 g/mol. The molecule has 2 atom stereocenters. The van der Waals surface area contributed by atoms with Gasteiger partial charge < -0.3 is 0 Å². The lowest BCUT2D eigenvalue weighted by Crippen LogP contribution is -2.10. The van der Waals surface area contributed by atoms with E-state index in [9.17, 15) is 0 Å². The molecule has 0 spiro atoms. The van der Waals surface area contributed by atoms with Gasteiger partial charge in [0.2, 0.25) is 0 Å². The van der Waals surface area contributed by atoms with Gasteiger partial charge in [-0.25, -0.2) is 0 Å². The van der Waals surface area contributed by atoms with Gasteiger partial charge in [0.15, 0.2) is 0 Å². The average Bonchev–Trinajstić information content (AvgIpc) is 3.14. The van der Waals surface area contributed by atoms with Crippen LogP contribution >= 0.6 is 23.5 Å². The Balaban J connectivity index is 1.65. The Hall–Kier alpha value is 0.0400. The van der Waals surface area contributed by atoms with Crippen LogP contribution in [-0.2, 0) is 0 Å². The van der Waals surface area contributed by atoms with Crippen LogP contribution in [0.15, 0.2) is 9.98 Å². The van der Waals surface area contributed by atoms with Crippen LogP contribution in [0, 0.1) is 11.8 Å². The maximum absolute atomic E-state index is 4.69. The summed E-state index contributed by atoms with van der Waals surface area (Å²) < 4.78 is 0. The second kappa shape index (κ2) is 9.14. The summed E-state index contributed by atoms with van der Waals surface area (Å²) in [7, 11) is 0. The van der Waals surface area contributed by atoms with Gasteiger partial charge in [-0.15, -0.1) is 23.5 Å². The summed E-state index contributed by atoms with van der Waals surface area (Å²) in [5, 5.41) is 2.86. The molecule has 0 aromatic heterocycles. The Morgan fingerprint density at radius 3 is 2.20 bits per heavy atom. The first-order valence-electron chi connectivity index (χ1n) is 8.15. The number of unbranched alkanes of at least 4 members (excludes halogenated alkanes) is 1. The van der Waals surface area contributed by atoms with Gasteiger partial charge in [-0.1, -0.05) is 33.1 Å². The molecule has 4 heteroatoms. The molecule has 2 rings (SSSR count). The van der Waals surface area contributed by atoms with E-state index in [1.54, 1.807) is 0 Å². The van der Waals surface area contributed by atoms with Crippen LogP contribution in [0.4, 0.5) is 0 Å². The molecule has 2 aliphatic rings. The third-order valence-electron chi connectivity index (χ3n) is 4.07. The Labute approximate surface area is 132 Å². The van der Waals surface area contributed by atoms with Gasteiger partial charge in [-0.3, -0.25) is 9.98 Å². The van der Waals surface area contributed by atoms with Crippen molar-refractivity contribution in [3.05, 3.63) is 0 Å². The van der Waals surface area contributed by atoms with Gasteiger partial charge in [0.1, 0.15) is 0 Å². The molecule has 0 radical (unpaired) electrons. The van der Waals surface area contributed by atoms with E-state index in [1.165, 1.54) is 60.1 Å². The van der Waals surface area contributed by atoms with Crippen LogP contribution in [-0.4, -0.2) is 34.7 Å². The molecular weight excluding hydrogens is 284 g/mol. The third-order valence-corrected chi connectivity index (χ3v) is 6.42. The van der Waals surface area contributed by atoms with E-state index in [2.05, 4.69) is 23.8 Å². The van der Waals surface area contributed by atoms with Crippen molar-refractivity contribution in [1.82, 2.24) is 0 Å². The molecule has 2 nitrogen and oxygen atoms in total. The van der Waals surface area contributed by atoms with Crippen LogP contribution < -0.4 is 0 Å². The first-order valence-corrected chi connectivity index (χ1v) is 10.1. The van der Waals surface area contributed by atoms with Crippen molar-refractivity contribution >= 4 is 33.6 Å². The topological polar surface area (TPSA) is 24.7 Å². The molecule has 0 saturated carbocycles. The van der Waals surface area contributed by atoms with Crippen LogP contribution in [0.25, 0.3) is 0 Å². The minimum Gasteiger partial charge on any atom is -0.282 e.